The number of urea groups is 1. The molecule has 2 aromatic carbocycles. The van der Waals surface area contributed by atoms with Gasteiger partial charge >= 0.3 is 12.2 Å². The number of hydrogen-bond donors (Lipinski definition) is 1. The van der Waals surface area contributed by atoms with Crippen LogP contribution in [-0.4, -0.2) is 53.4 Å². The summed E-state index contributed by atoms with van der Waals surface area (Å²) < 4.78 is 5.01. The number of amides is 2. The summed E-state index contributed by atoms with van der Waals surface area (Å²) >= 11 is 12.8. The third-order valence-electron chi connectivity index (χ3n) is 8.04. The molecule has 1 aliphatic heterocycles. The van der Waals surface area contributed by atoms with Gasteiger partial charge in [0.15, 0.2) is 0 Å². The zero-order valence-corrected chi connectivity index (χ0v) is 24.2. The Morgan fingerprint density at radius 2 is 1.77 bits per heavy atom. The number of halogens is 2. The maximum absolute atomic E-state index is 14.4. The quantitative estimate of drug-likeness (QED) is 0.249. The van der Waals surface area contributed by atoms with E-state index in [0.29, 0.717) is 22.2 Å². The van der Waals surface area contributed by atoms with Crippen LogP contribution < -0.4 is 14.5 Å². The summed E-state index contributed by atoms with van der Waals surface area (Å²) in [5.41, 5.74) is 3.38. The number of fused-ring (bicyclic) bond motifs is 1. The molecule has 1 aliphatic carbocycles. The standard InChI is InChI=1S/C30H32Cl2N4O4/c1-30(2)18-26(22-17-21(40-29(38)39)7-8-23(22)30)36(28(37)34(3)25-6-4-5-24(31)27(25)32)20-11-15-35(16-12-20)19-9-13-33-14-10-19/h4-10,13-14,17,20,26H,11-12,15-16,18H2,1-3H3,(H,38,39). The Balaban J connectivity index is 1.52. The van der Waals surface area contributed by atoms with E-state index >= 15 is 0 Å². The Bertz CT molecular complexity index is 1410. The second kappa shape index (κ2) is 11.2. The number of carbonyl (C=O) groups excluding carboxylic acids is 1. The highest BCUT2D eigenvalue weighted by Crippen LogP contribution is 2.50. The molecule has 1 unspecified atom stereocenters. The van der Waals surface area contributed by atoms with Gasteiger partial charge in [-0.25, -0.2) is 9.59 Å². The van der Waals surface area contributed by atoms with Gasteiger partial charge in [-0.15, -0.1) is 0 Å². The lowest BCUT2D eigenvalue weighted by Crippen LogP contribution is -2.52. The van der Waals surface area contributed by atoms with E-state index < -0.39 is 6.16 Å². The Kier molecular flexibility index (Phi) is 7.84. The molecule has 3 aromatic rings. The monoisotopic (exact) mass is 582 g/mol. The number of aromatic nitrogens is 1. The van der Waals surface area contributed by atoms with Crippen molar-refractivity contribution in [1.29, 1.82) is 0 Å². The average molecular weight is 584 g/mol. The van der Waals surface area contributed by atoms with Crippen molar-refractivity contribution in [2.24, 2.45) is 0 Å². The van der Waals surface area contributed by atoms with Gasteiger partial charge in [0, 0.05) is 44.3 Å². The van der Waals surface area contributed by atoms with Crippen LogP contribution in [0.15, 0.2) is 60.9 Å². The summed E-state index contributed by atoms with van der Waals surface area (Å²) in [7, 11) is 1.71. The first-order valence-corrected chi connectivity index (χ1v) is 14.0. The molecule has 0 spiro atoms. The van der Waals surface area contributed by atoms with Gasteiger partial charge in [0.1, 0.15) is 5.75 Å². The number of carboxylic acid groups (broad SMARTS) is 1. The van der Waals surface area contributed by atoms with E-state index in [2.05, 4.69) is 23.7 Å². The van der Waals surface area contributed by atoms with Gasteiger partial charge in [-0.3, -0.25) is 9.88 Å². The zero-order valence-electron chi connectivity index (χ0n) is 22.7. The number of ether oxygens (including phenoxy) is 1. The van der Waals surface area contributed by atoms with Crippen molar-refractivity contribution in [3.05, 3.63) is 82.1 Å². The number of piperidine rings is 1. The molecular formula is C30H32Cl2N4O4. The van der Waals surface area contributed by atoms with E-state index in [1.165, 1.54) is 0 Å². The Labute approximate surface area is 244 Å². The van der Waals surface area contributed by atoms with Gasteiger partial charge in [0.25, 0.3) is 0 Å². The minimum atomic E-state index is -1.37. The van der Waals surface area contributed by atoms with Crippen molar-refractivity contribution in [2.75, 3.05) is 29.9 Å². The van der Waals surface area contributed by atoms with Crippen molar-refractivity contribution >= 4 is 46.8 Å². The topological polar surface area (TPSA) is 86.2 Å². The van der Waals surface area contributed by atoms with Gasteiger partial charge < -0.3 is 19.6 Å². The Morgan fingerprint density at radius 1 is 1.07 bits per heavy atom. The van der Waals surface area contributed by atoms with Gasteiger partial charge in [0.2, 0.25) is 0 Å². The lowest BCUT2D eigenvalue weighted by atomic mass is 9.86. The van der Waals surface area contributed by atoms with E-state index in [1.807, 2.05) is 23.1 Å². The smallest absolute Gasteiger partial charge is 0.449 e. The number of benzene rings is 2. The molecule has 2 aliphatic rings. The van der Waals surface area contributed by atoms with Crippen LogP contribution in [0, 0.1) is 0 Å². The molecule has 5 rings (SSSR count). The molecule has 2 amide bonds. The molecule has 8 nitrogen and oxygen atoms in total. The number of carbonyl (C=O) groups is 2. The third-order valence-corrected chi connectivity index (χ3v) is 8.85. The van der Waals surface area contributed by atoms with Gasteiger partial charge in [-0.05, 0) is 72.2 Å². The molecule has 10 heteroatoms. The van der Waals surface area contributed by atoms with Gasteiger partial charge in [0.05, 0.1) is 21.8 Å². The molecule has 210 valence electrons. The van der Waals surface area contributed by atoms with Crippen molar-refractivity contribution in [2.45, 2.75) is 50.6 Å². The highest BCUT2D eigenvalue weighted by molar-refractivity contribution is 6.44. The second-order valence-electron chi connectivity index (χ2n) is 11.0. The number of rotatable bonds is 5. The first-order chi connectivity index (χ1) is 19.1. The summed E-state index contributed by atoms with van der Waals surface area (Å²) in [4.78, 5) is 35.7. The molecule has 40 heavy (non-hydrogen) atoms. The van der Waals surface area contributed by atoms with E-state index in [4.69, 9.17) is 27.9 Å². The molecule has 1 fully saturated rings. The minimum Gasteiger partial charge on any atom is -0.449 e. The Morgan fingerprint density at radius 3 is 2.45 bits per heavy atom. The fraction of sp³-hybridized carbons (Fsp3) is 0.367. The largest absolute Gasteiger partial charge is 0.511 e. The van der Waals surface area contributed by atoms with Gasteiger partial charge in [-0.1, -0.05) is 49.2 Å². The van der Waals surface area contributed by atoms with Crippen molar-refractivity contribution in [1.82, 2.24) is 9.88 Å². The third kappa shape index (κ3) is 5.43. The van der Waals surface area contributed by atoms with Crippen LogP contribution in [0.25, 0.3) is 0 Å². The van der Waals surface area contributed by atoms with Crippen molar-refractivity contribution in [3.63, 3.8) is 0 Å². The second-order valence-corrected chi connectivity index (χ2v) is 11.8. The number of pyridine rings is 1. The maximum Gasteiger partial charge on any atom is 0.511 e. The number of anilines is 2. The van der Waals surface area contributed by atoms with Crippen LogP contribution in [0.3, 0.4) is 0 Å². The van der Waals surface area contributed by atoms with Crippen LogP contribution in [0.1, 0.15) is 50.3 Å². The van der Waals surface area contributed by atoms with Crippen LogP contribution in [0.2, 0.25) is 10.0 Å². The normalized spacial score (nSPS) is 18.2. The molecule has 0 bridgehead atoms. The van der Waals surface area contributed by atoms with E-state index in [-0.39, 0.29) is 29.3 Å². The van der Waals surface area contributed by atoms with E-state index in [1.54, 1.807) is 54.7 Å². The van der Waals surface area contributed by atoms with Crippen molar-refractivity contribution in [3.8, 4) is 5.75 Å². The number of hydrogen-bond acceptors (Lipinski definition) is 5. The van der Waals surface area contributed by atoms with Crippen molar-refractivity contribution < 1.29 is 19.4 Å². The first-order valence-electron chi connectivity index (χ1n) is 13.3. The van der Waals surface area contributed by atoms with Gasteiger partial charge in [-0.2, -0.15) is 0 Å². The molecule has 1 N–H and O–H groups in total. The summed E-state index contributed by atoms with van der Waals surface area (Å²) in [5.74, 6) is 0.236. The molecular weight excluding hydrogens is 551 g/mol. The van der Waals surface area contributed by atoms with Crippen LogP contribution in [-0.2, 0) is 5.41 Å². The van der Waals surface area contributed by atoms with E-state index in [9.17, 15) is 14.7 Å². The molecule has 1 saturated heterocycles. The highest BCUT2D eigenvalue weighted by Gasteiger charge is 2.45. The first kappa shape index (κ1) is 28.1. The molecule has 0 saturated carbocycles. The minimum absolute atomic E-state index is 0.0539. The summed E-state index contributed by atoms with van der Waals surface area (Å²) in [5, 5.41) is 9.92. The summed E-state index contributed by atoms with van der Waals surface area (Å²) in [6, 6.07) is 14.1. The van der Waals surface area contributed by atoms with Crippen LogP contribution >= 0.6 is 23.2 Å². The molecule has 2 heterocycles. The number of nitrogens with zero attached hydrogens (tertiary/aromatic N) is 4. The predicted octanol–water partition coefficient (Wildman–Crippen LogP) is 7.40. The maximum atomic E-state index is 14.4. The lowest BCUT2D eigenvalue weighted by Gasteiger charge is -2.44. The molecule has 1 atom stereocenters. The summed E-state index contributed by atoms with van der Waals surface area (Å²) in [6.07, 6.45) is 4.42. The summed E-state index contributed by atoms with van der Waals surface area (Å²) in [6.45, 7) is 5.86. The average Bonchev–Trinajstić information content (AvgIpc) is 3.20. The molecule has 0 radical (unpaired) electrons. The Hall–Kier alpha value is -3.49. The SMILES string of the molecule is CN(C(=O)N(C1CCN(c2ccncc2)CC1)C1CC(C)(C)c2ccc(OC(=O)O)cc21)c1cccc(Cl)c1Cl. The highest BCUT2D eigenvalue weighted by atomic mass is 35.5. The lowest BCUT2D eigenvalue weighted by molar-refractivity contribution is 0.129. The molecule has 1 aromatic heterocycles. The fourth-order valence-corrected chi connectivity index (χ4v) is 6.50. The zero-order chi connectivity index (χ0) is 28.6. The van der Waals surface area contributed by atoms with Crippen LogP contribution in [0.4, 0.5) is 21.0 Å². The van der Waals surface area contributed by atoms with E-state index in [0.717, 1.165) is 42.7 Å². The fourth-order valence-electron chi connectivity index (χ4n) is 6.08. The predicted molar refractivity (Wildman–Crippen MR) is 157 cm³/mol. The van der Waals surface area contributed by atoms with Crippen LogP contribution in [0.5, 0.6) is 5.75 Å².